The summed E-state index contributed by atoms with van der Waals surface area (Å²) >= 11 is 0. The second kappa shape index (κ2) is 4.46. The van der Waals surface area contributed by atoms with Gasteiger partial charge in [-0.15, -0.1) is 0 Å². The van der Waals surface area contributed by atoms with E-state index in [0.29, 0.717) is 12.0 Å². The molecule has 1 heteroatoms. The monoisotopic (exact) mass is 165 g/mol. The smallest absolute Gasteiger partial charge is 0.0107 e. The van der Waals surface area contributed by atoms with Crippen LogP contribution in [-0.2, 0) is 0 Å². The van der Waals surface area contributed by atoms with Crippen molar-refractivity contribution in [1.82, 2.24) is 5.32 Å². The first-order chi connectivity index (χ1) is 5.75. The minimum Gasteiger partial charge on any atom is -0.314 e. The summed E-state index contributed by atoms with van der Waals surface area (Å²) in [4.78, 5) is 0. The molecule has 0 radical (unpaired) electrons. The molecule has 2 atom stereocenters. The zero-order valence-electron chi connectivity index (χ0n) is 7.97. The average Bonchev–Trinajstić information content (AvgIpc) is 2.28. The third-order valence-electron chi connectivity index (χ3n) is 2.75. The summed E-state index contributed by atoms with van der Waals surface area (Å²) in [6.45, 7) is 11.2. The van der Waals surface area contributed by atoms with Gasteiger partial charge < -0.3 is 5.32 Å². The van der Waals surface area contributed by atoms with Gasteiger partial charge in [0.05, 0.1) is 0 Å². The molecule has 0 bridgehead atoms. The lowest BCUT2D eigenvalue weighted by Gasteiger charge is -2.22. The van der Waals surface area contributed by atoms with Gasteiger partial charge in [-0.3, -0.25) is 0 Å². The molecule has 1 aliphatic heterocycles. The van der Waals surface area contributed by atoms with Crippen LogP contribution in [0.5, 0.6) is 0 Å². The number of hydrogen-bond acceptors (Lipinski definition) is 1. The fraction of sp³-hybridized carbons (Fsp3) is 0.636. The Bertz CT molecular complexity index is 172. The zero-order chi connectivity index (χ0) is 8.97. The van der Waals surface area contributed by atoms with E-state index in [2.05, 4.69) is 25.4 Å². The molecule has 1 nitrogen and oxygen atoms in total. The van der Waals surface area contributed by atoms with Gasteiger partial charge in [-0.05, 0) is 32.2 Å². The molecule has 1 N–H and O–H groups in total. The molecule has 0 saturated carbocycles. The van der Waals surface area contributed by atoms with Gasteiger partial charge in [-0.25, -0.2) is 0 Å². The Morgan fingerprint density at radius 3 is 2.92 bits per heavy atom. The molecular weight excluding hydrogens is 146 g/mol. The van der Waals surface area contributed by atoms with Crippen molar-refractivity contribution in [2.45, 2.75) is 32.2 Å². The normalized spacial score (nSPS) is 30.8. The molecule has 1 fully saturated rings. The second-order valence-corrected chi connectivity index (χ2v) is 3.62. The van der Waals surface area contributed by atoms with E-state index in [-0.39, 0.29) is 0 Å². The first kappa shape index (κ1) is 9.53. The fourth-order valence-electron chi connectivity index (χ4n) is 1.87. The Kier molecular flexibility index (Phi) is 3.54. The number of hydrogen-bond donors (Lipinski definition) is 1. The third kappa shape index (κ3) is 2.21. The van der Waals surface area contributed by atoms with Gasteiger partial charge in [0.15, 0.2) is 0 Å². The van der Waals surface area contributed by atoms with Crippen LogP contribution >= 0.6 is 0 Å². The lowest BCUT2D eigenvalue weighted by molar-refractivity contribution is 0.443. The highest BCUT2D eigenvalue weighted by atomic mass is 14.9. The van der Waals surface area contributed by atoms with Crippen LogP contribution in [0, 0.1) is 5.92 Å². The Morgan fingerprint density at radius 2 is 2.25 bits per heavy atom. The predicted molar refractivity (Wildman–Crippen MR) is 54.1 cm³/mol. The minimum absolute atomic E-state index is 0.568. The van der Waals surface area contributed by atoms with Crippen molar-refractivity contribution in [3.05, 3.63) is 24.8 Å². The van der Waals surface area contributed by atoms with Crippen LogP contribution < -0.4 is 5.32 Å². The maximum Gasteiger partial charge on any atom is 0.0107 e. The van der Waals surface area contributed by atoms with Gasteiger partial charge in [0.2, 0.25) is 0 Å². The van der Waals surface area contributed by atoms with Crippen LogP contribution in [0.4, 0.5) is 0 Å². The van der Waals surface area contributed by atoms with Crippen molar-refractivity contribution in [2.75, 3.05) is 6.54 Å². The number of nitrogens with one attached hydrogen (secondary N) is 1. The molecule has 0 aromatic heterocycles. The standard InChI is InChI=1S/C11H19N/c1-4-9(2)11-7-5-6-8-12-10(11)3/h4,10-12H,1-2,5-8H2,3H3. The quantitative estimate of drug-likeness (QED) is 0.620. The van der Waals surface area contributed by atoms with E-state index in [1.807, 2.05) is 6.08 Å². The summed E-state index contributed by atoms with van der Waals surface area (Å²) in [6, 6.07) is 0.568. The molecule has 1 saturated heterocycles. The largest absolute Gasteiger partial charge is 0.314 e. The van der Waals surface area contributed by atoms with Gasteiger partial charge in [-0.1, -0.05) is 31.2 Å². The molecular formula is C11H19N. The molecule has 2 unspecified atom stereocenters. The summed E-state index contributed by atoms with van der Waals surface area (Å²) in [6.07, 6.45) is 5.77. The Hall–Kier alpha value is -0.560. The van der Waals surface area contributed by atoms with Crippen molar-refractivity contribution in [1.29, 1.82) is 0 Å². The van der Waals surface area contributed by atoms with Crippen molar-refractivity contribution in [2.24, 2.45) is 5.92 Å². The molecule has 12 heavy (non-hydrogen) atoms. The topological polar surface area (TPSA) is 12.0 Å². The molecule has 1 rings (SSSR count). The van der Waals surface area contributed by atoms with Gasteiger partial charge in [-0.2, -0.15) is 0 Å². The highest BCUT2D eigenvalue weighted by Gasteiger charge is 2.19. The number of allylic oxidation sites excluding steroid dienone is 1. The van der Waals surface area contributed by atoms with Crippen LogP contribution in [0.1, 0.15) is 26.2 Å². The van der Waals surface area contributed by atoms with Crippen LogP contribution in [0.15, 0.2) is 24.8 Å². The maximum absolute atomic E-state index is 4.03. The SMILES string of the molecule is C=CC(=C)C1CCCCNC1C. The average molecular weight is 165 g/mol. The third-order valence-corrected chi connectivity index (χ3v) is 2.75. The van der Waals surface area contributed by atoms with E-state index in [0.717, 1.165) is 6.54 Å². The van der Waals surface area contributed by atoms with Crippen LogP contribution in [0.25, 0.3) is 0 Å². The van der Waals surface area contributed by atoms with E-state index in [1.165, 1.54) is 24.8 Å². The molecule has 0 aromatic rings. The summed E-state index contributed by atoms with van der Waals surface area (Å²) in [5.41, 5.74) is 1.19. The van der Waals surface area contributed by atoms with Gasteiger partial charge in [0.25, 0.3) is 0 Å². The molecule has 68 valence electrons. The Labute approximate surface area is 75.6 Å². The molecule has 0 aromatic carbocycles. The van der Waals surface area contributed by atoms with Crippen LogP contribution in [-0.4, -0.2) is 12.6 Å². The van der Waals surface area contributed by atoms with Crippen molar-refractivity contribution in [3.63, 3.8) is 0 Å². The van der Waals surface area contributed by atoms with Gasteiger partial charge >= 0.3 is 0 Å². The lowest BCUT2D eigenvalue weighted by Crippen LogP contribution is -2.32. The second-order valence-electron chi connectivity index (χ2n) is 3.62. The first-order valence-corrected chi connectivity index (χ1v) is 4.80. The van der Waals surface area contributed by atoms with E-state index < -0.39 is 0 Å². The maximum atomic E-state index is 4.03. The Balaban J connectivity index is 2.58. The van der Waals surface area contributed by atoms with E-state index in [4.69, 9.17) is 0 Å². The van der Waals surface area contributed by atoms with E-state index >= 15 is 0 Å². The van der Waals surface area contributed by atoms with Crippen molar-refractivity contribution in [3.8, 4) is 0 Å². The minimum atomic E-state index is 0.568. The van der Waals surface area contributed by atoms with Gasteiger partial charge in [0, 0.05) is 6.04 Å². The van der Waals surface area contributed by atoms with E-state index in [9.17, 15) is 0 Å². The zero-order valence-corrected chi connectivity index (χ0v) is 7.97. The van der Waals surface area contributed by atoms with Crippen molar-refractivity contribution >= 4 is 0 Å². The molecule has 1 aliphatic rings. The molecule has 0 spiro atoms. The highest BCUT2D eigenvalue weighted by molar-refractivity contribution is 5.17. The fourth-order valence-corrected chi connectivity index (χ4v) is 1.87. The van der Waals surface area contributed by atoms with Crippen molar-refractivity contribution < 1.29 is 0 Å². The first-order valence-electron chi connectivity index (χ1n) is 4.80. The Morgan fingerprint density at radius 1 is 1.50 bits per heavy atom. The summed E-state index contributed by atoms with van der Waals surface area (Å²) in [5.74, 6) is 0.602. The number of rotatable bonds is 2. The summed E-state index contributed by atoms with van der Waals surface area (Å²) < 4.78 is 0. The summed E-state index contributed by atoms with van der Waals surface area (Å²) in [7, 11) is 0. The van der Waals surface area contributed by atoms with E-state index in [1.54, 1.807) is 0 Å². The van der Waals surface area contributed by atoms with Gasteiger partial charge in [0.1, 0.15) is 0 Å². The highest BCUT2D eigenvalue weighted by Crippen LogP contribution is 2.23. The van der Waals surface area contributed by atoms with Crippen LogP contribution in [0.3, 0.4) is 0 Å². The predicted octanol–water partition coefficient (Wildman–Crippen LogP) is 2.51. The molecule has 0 aliphatic carbocycles. The lowest BCUT2D eigenvalue weighted by atomic mass is 9.89. The van der Waals surface area contributed by atoms with Crippen LogP contribution in [0.2, 0.25) is 0 Å². The summed E-state index contributed by atoms with van der Waals surface area (Å²) in [5, 5.41) is 3.50. The molecule has 0 amide bonds. The molecule has 1 heterocycles.